The summed E-state index contributed by atoms with van der Waals surface area (Å²) in [6.45, 7) is 0.872. The van der Waals surface area contributed by atoms with Crippen LogP contribution in [0.25, 0.3) is 0 Å². The number of carbonyl (C=O) groups is 1. The highest BCUT2D eigenvalue weighted by Crippen LogP contribution is 2.33. The summed E-state index contributed by atoms with van der Waals surface area (Å²) < 4.78 is 15.2. The third kappa shape index (κ3) is 3.55. The molecule has 0 aliphatic carbocycles. The van der Waals surface area contributed by atoms with Crippen molar-refractivity contribution < 1.29 is 19.0 Å². The number of ether oxygens (including phenoxy) is 3. The van der Waals surface area contributed by atoms with Crippen LogP contribution in [-0.2, 0) is 16.0 Å². The number of anilines is 1. The molecular weight excluding hydrogens is 234 g/mol. The molecule has 0 bridgehead atoms. The van der Waals surface area contributed by atoms with Crippen LogP contribution in [0.3, 0.4) is 0 Å². The number of hydrogen-bond donors (Lipinski definition) is 1. The van der Waals surface area contributed by atoms with Gasteiger partial charge in [-0.2, -0.15) is 0 Å². The first-order valence-electron chi connectivity index (χ1n) is 5.74. The Morgan fingerprint density at radius 2 is 2.06 bits per heavy atom. The van der Waals surface area contributed by atoms with Gasteiger partial charge in [0.25, 0.3) is 6.47 Å². The summed E-state index contributed by atoms with van der Waals surface area (Å²) in [6, 6.07) is 3.78. The summed E-state index contributed by atoms with van der Waals surface area (Å²) in [7, 11) is 5.08. The summed E-state index contributed by atoms with van der Waals surface area (Å²) in [4.78, 5) is 10.1. The van der Waals surface area contributed by atoms with E-state index in [4.69, 9.17) is 9.47 Å². The second kappa shape index (κ2) is 7.42. The van der Waals surface area contributed by atoms with E-state index < -0.39 is 0 Å². The van der Waals surface area contributed by atoms with Crippen LogP contribution in [0.1, 0.15) is 12.0 Å². The smallest absolute Gasteiger partial charge is 0.293 e. The minimum absolute atomic E-state index is 0.409. The van der Waals surface area contributed by atoms with Crippen LogP contribution in [0.2, 0.25) is 0 Å². The van der Waals surface area contributed by atoms with Crippen molar-refractivity contribution in [2.24, 2.45) is 0 Å². The molecule has 1 aromatic rings. The highest BCUT2D eigenvalue weighted by Gasteiger charge is 2.10. The van der Waals surface area contributed by atoms with Crippen molar-refractivity contribution in [1.29, 1.82) is 0 Å². The van der Waals surface area contributed by atoms with Crippen molar-refractivity contribution in [3.8, 4) is 11.5 Å². The molecule has 0 aliphatic rings. The van der Waals surface area contributed by atoms with Gasteiger partial charge in [-0.1, -0.05) is 0 Å². The van der Waals surface area contributed by atoms with Gasteiger partial charge in [-0.3, -0.25) is 4.79 Å². The zero-order valence-corrected chi connectivity index (χ0v) is 11.0. The van der Waals surface area contributed by atoms with E-state index in [1.54, 1.807) is 14.2 Å². The lowest BCUT2D eigenvalue weighted by Crippen LogP contribution is -2.02. The fourth-order valence-corrected chi connectivity index (χ4v) is 1.80. The van der Waals surface area contributed by atoms with Gasteiger partial charge in [0.1, 0.15) is 11.5 Å². The maximum atomic E-state index is 10.1. The molecule has 1 aromatic carbocycles. The van der Waals surface area contributed by atoms with Crippen molar-refractivity contribution in [3.05, 3.63) is 17.7 Å². The lowest BCUT2D eigenvalue weighted by molar-refractivity contribution is -0.128. The lowest BCUT2D eigenvalue weighted by Gasteiger charge is -2.15. The SMILES string of the molecule is CNc1c(CCCOC=O)cc(OC)cc1OC. The molecule has 0 fully saturated rings. The van der Waals surface area contributed by atoms with Crippen molar-refractivity contribution in [2.75, 3.05) is 33.2 Å². The molecule has 0 saturated carbocycles. The van der Waals surface area contributed by atoms with E-state index in [1.165, 1.54) is 0 Å². The fourth-order valence-electron chi connectivity index (χ4n) is 1.80. The molecule has 0 atom stereocenters. The molecule has 5 heteroatoms. The number of rotatable bonds is 8. The first kappa shape index (κ1) is 14.2. The highest BCUT2D eigenvalue weighted by atomic mass is 16.5. The monoisotopic (exact) mass is 253 g/mol. The Balaban J connectivity index is 2.88. The molecule has 0 unspecified atom stereocenters. The van der Waals surface area contributed by atoms with Crippen LogP contribution < -0.4 is 14.8 Å². The van der Waals surface area contributed by atoms with E-state index in [9.17, 15) is 4.79 Å². The highest BCUT2D eigenvalue weighted by molar-refractivity contribution is 5.64. The van der Waals surface area contributed by atoms with Gasteiger partial charge in [0.15, 0.2) is 0 Å². The number of carbonyl (C=O) groups excluding carboxylic acids is 1. The third-order valence-corrected chi connectivity index (χ3v) is 2.64. The summed E-state index contributed by atoms with van der Waals surface area (Å²) in [6.07, 6.45) is 1.53. The maximum absolute atomic E-state index is 10.1. The van der Waals surface area contributed by atoms with Gasteiger partial charge in [0.05, 0.1) is 26.5 Å². The van der Waals surface area contributed by atoms with E-state index in [0.717, 1.165) is 35.6 Å². The molecule has 0 aliphatic heterocycles. The normalized spacial score (nSPS) is 9.72. The van der Waals surface area contributed by atoms with E-state index in [-0.39, 0.29) is 0 Å². The average Bonchev–Trinajstić information content (AvgIpc) is 2.42. The number of methoxy groups -OCH3 is 2. The molecule has 0 radical (unpaired) electrons. The van der Waals surface area contributed by atoms with Gasteiger partial charge in [-0.25, -0.2) is 0 Å². The van der Waals surface area contributed by atoms with Crippen molar-refractivity contribution >= 4 is 12.2 Å². The second-order valence-electron chi connectivity index (χ2n) is 3.68. The average molecular weight is 253 g/mol. The zero-order chi connectivity index (χ0) is 13.4. The first-order chi connectivity index (χ1) is 8.76. The third-order valence-electron chi connectivity index (χ3n) is 2.64. The van der Waals surface area contributed by atoms with Gasteiger partial charge >= 0.3 is 0 Å². The van der Waals surface area contributed by atoms with Gasteiger partial charge in [-0.05, 0) is 24.5 Å². The summed E-state index contributed by atoms with van der Waals surface area (Å²) >= 11 is 0. The fraction of sp³-hybridized carbons (Fsp3) is 0.462. The molecule has 18 heavy (non-hydrogen) atoms. The predicted molar refractivity (Wildman–Crippen MR) is 69.4 cm³/mol. The molecule has 0 saturated heterocycles. The number of aryl methyl sites for hydroxylation is 1. The summed E-state index contributed by atoms with van der Waals surface area (Å²) in [5, 5.41) is 3.12. The first-order valence-corrected chi connectivity index (χ1v) is 5.74. The van der Waals surface area contributed by atoms with Crippen LogP contribution >= 0.6 is 0 Å². The molecule has 100 valence electrons. The largest absolute Gasteiger partial charge is 0.497 e. The number of benzene rings is 1. The molecule has 0 aromatic heterocycles. The Morgan fingerprint density at radius 3 is 2.61 bits per heavy atom. The van der Waals surface area contributed by atoms with Crippen molar-refractivity contribution in [3.63, 3.8) is 0 Å². The Labute approximate surface area is 107 Å². The van der Waals surface area contributed by atoms with E-state index in [1.807, 2.05) is 19.2 Å². The van der Waals surface area contributed by atoms with Crippen molar-refractivity contribution in [1.82, 2.24) is 0 Å². The molecule has 1 rings (SSSR count). The van der Waals surface area contributed by atoms with Gasteiger partial charge in [-0.15, -0.1) is 0 Å². The minimum atomic E-state index is 0.409. The summed E-state index contributed by atoms with van der Waals surface area (Å²) in [5.41, 5.74) is 2.01. The van der Waals surface area contributed by atoms with Crippen LogP contribution in [-0.4, -0.2) is 34.3 Å². The quantitative estimate of drug-likeness (QED) is 0.566. The van der Waals surface area contributed by atoms with E-state index in [2.05, 4.69) is 10.1 Å². The molecule has 5 nitrogen and oxygen atoms in total. The molecule has 0 amide bonds. The van der Waals surface area contributed by atoms with Gasteiger partial charge in [0.2, 0.25) is 0 Å². The molecule has 0 heterocycles. The Hall–Kier alpha value is -1.91. The Bertz CT molecular complexity index is 393. The topological polar surface area (TPSA) is 56.8 Å². The number of hydrogen-bond acceptors (Lipinski definition) is 5. The number of nitrogens with one attached hydrogen (secondary N) is 1. The second-order valence-corrected chi connectivity index (χ2v) is 3.68. The zero-order valence-electron chi connectivity index (χ0n) is 11.0. The Morgan fingerprint density at radius 1 is 1.28 bits per heavy atom. The van der Waals surface area contributed by atoms with Gasteiger partial charge < -0.3 is 19.5 Å². The Kier molecular flexibility index (Phi) is 5.84. The summed E-state index contributed by atoms with van der Waals surface area (Å²) in [5.74, 6) is 1.49. The lowest BCUT2D eigenvalue weighted by atomic mass is 10.1. The van der Waals surface area contributed by atoms with Gasteiger partial charge in [0, 0.05) is 13.1 Å². The van der Waals surface area contributed by atoms with Crippen LogP contribution in [0.4, 0.5) is 5.69 Å². The minimum Gasteiger partial charge on any atom is -0.497 e. The standard InChI is InChI=1S/C13H19NO4/c1-14-13-10(5-4-6-18-9-15)7-11(16-2)8-12(13)17-3/h7-9,14H,4-6H2,1-3H3. The van der Waals surface area contributed by atoms with Crippen molar-refractivity contribution in [2.45, 2.75) is 12.8 Å². The molecule has 1 N–H and O–H groups in total. The molecule has 0 spiro atoms. The van der Waals surface area contributed by atoms with Crippen LogP contribution in [0.15, 0.2) is 12.1 Å². The predicted octanol–water partition coefficient (Wildman–Crippen LogP) is 1.85. The molecular formula is C13H19NO4. The van der Waals surface area contributed by atoms with Crippen LogP contribution in [0.5, 0.6) is 11.5 Å². The van der Waals surface area contributed by atoms with E-state index in [0.29, 0.717) is 13.1 Å². The van der Waals surface area contributed by atoms with E-state index >= 15 is 0 Å². The maximum Gasteiger partial charge on any atom is 0.293 e. The van der Waals surface area contributed by atoms with Crippen LogP contribution in [0, 0.1) is 0 Å².